The van der Waals surface area contributed by atoms with Crippen LogP contribution in [-0.4, -0.2) is 12.6 Å². The van der Waals surface area contributed by atoms with Gasteiger partial charge < -0.3 is 9.64 Å². The highest BCUT2D eigenvalue weighted by atomic mass is 16.6. The summed E-state index contributed by atoms with van der Waals surface area (Å²) in [5.74, 6) is 0.552. The van der Waals surface area contributed by atoms with E-state index in [0.29, 0.717) is 5.75 Å². The minimum atomic E-state index is -0.470. The molecule has 1 aliphatic rings. The van der Waals surface area contributed by atoms with E-state index in [1.165, 1.54) is 22.4 Å². The molecule has 0 atom stereocenters. The first-order chi connectivity index (χ1) is 13.6. The van der Waals surface area contributed by atoms with Crippen molar-refractivity contribution >= 4 is 17.5 Å². The van der Waals surface area contributed by atoms with E-state index < -0.39 is 6.09 Å². The quantitative estimate of drug-likeness (QED) is 0.660. The first-order valence-electron chi connectivity index (χ1n) is 9.56. The Balaban J connectivity index is 1.41. The van der Waals surface area contributed by atoms with Crippen molar-refractivity contribution in [3.8, 4) is 5.75 Å². The van der Waals surface area contributed by atoms with Gasteiger partial charge in [-0.15, -0.1) is 0 Å². The van der Waals surface area contributed by atoms with Gasteiger partial charge >= 0.3 is 6.09 Å². The fourth-order valence-electron chi connectivity index (χ4n) is 3.54. The van der Waals surface area contributed by atoms with Gasteiger partial charge in [-0.25, -0.2) is 4.79 Å². The second-order valence-corrected chi connectivity index (χ2v) is 7.26. The zero-order valence-electron chi connectivity index (χ0n) is 16.2. The average Bonchev–Trinajstić information content (AvgIpc) is 3.07. The van der Waals surface area contributed by atoms with Crippen LogP contribution in [0.1, 0.15) is 22.3 Å². The van der Waals surface area contributed by atoms with Crippen LogP contribution in [0.15, 0.2) is 66.7 Å². The highest BCUT2D eigenvalue weighted by molar-refractivity contribution is 5.87. The maximum atomic E-state index is 12.2. The van der Waals surface area contributed by atoms with Gasteiger partial charge in [0.15, 0.2) is 0 Å². The minimum Gasteiger partial charge on any atom is -0.410 e. The molecule has 0 spiro atoms. The standard InChI is InChI=1S/C24H24N2O2/c1-17-8-10-22(14-18(17)2)28-24(27)25-21-9-11-23-20(15-21)12-13-26(23)16-19-6-4-3-5-7-19/h3-11,14-15H,12-13,16H2,1-2H3,(H,25,27). The Bertz CT molecular complexity index is 999. The van der Waals surface area contributed by atoms with E-state index >= 15 is 0 Å². The van der Waals surface area contributed by atoms with Gasteiger partial charge in [-0.2, -0.15) is 0 Å². The fraction of sp³-hybridized carbons (Fsp3) is 0.208. The summed E-state index contributed by atoms with van der Waals surface area (Å²) in [6.07, 6.45) is 0.506. The lowest BCUT2D eigenvalue weighted by atomic mass is 10.1. The van der Waals surface area contributed by atoms with Gasteiger partial charge in [0.05, 0.1) is 0 Å². The molecule has 1 N–H and O–H groups in total. The molecule has 0 radical (unpaired) electrons. The third-order valence-corrected chi connectivity index (χ3v) is 5.22. The van der Waals surface area contributed by atoms with E-state index in [9.17, 15) is 4.79 Å². The second-order valence-electron chi connectivity index (χ2n) is 7.26. The Labute approximate surface area is 165 Å². The molecule has 1 amide bonds. The summed E-state index contributed by atoms with van der Waals surface area (Å²) in [7, 11) is 0. The maximum Gasteiger partial charge on any atom is 0.417 e. The minimum absolute atomic E-state index is 0.470. The Morgan fingerprint density at radius 3 is 2.61 bits per heavy atom. The van der Waals surface area contributed by atoms with E-state index in [2.05, 4.69) is 40.5 Å². The van der Waals surface area contributed by atoms with Crippen LogP contribution in [0.2, 0.25) is 0 Å². The molecule has 0 unspecified atom stereocenters. The lowest BCUT2D eigenvalue weighted by molar-refractivity contribution is 0.215. The molecule has 4 heteroatoms. The van der Waals surface area contributed by atoms with Crippen molar-refractivity contribution in [3.63, 3.8) is 0 Å². The van der Waals surface area contributed by atoms with Crippen LogP contribution in [0, 0.1) is 13.8 Å². The van der Waals surface area contributed by atoms with Crippen molar-refractivity contribution in [2.45, 2.75) is 26.8 Å². The Morgan fingerprint density at radius 1 is 1.00 bits per heavy atom. The molecule has 0 bridgehead atoms. The van der Waals surface area contributed by atoms with E-state index in [0.717, 1.165) is 30.8 Å². The van der Waals surface area contributed by atoms with Crippen LogP contribution in [-0.2, 0) is 13.0 Å². The van der Waals surface area contributed by atoms with Gasteiger partial charge in [0, 0.05) is 24.5 Å². The predicted molar refractivity (Wildman–Crippen MR) is 113 cm³/mol. The van der Waals surface area contributed by atoms with Crippen LogP contribution in [0.3, 0.4) is 0 Å². The van der Waals surface area contributed by atoms with Crippen molar-refractivity contribution in [2.24, 2.45) is 0 Å². The molecule has 0 aliphatic carbocycles. The summed E-state index contributed by atoms with van der Waals surface area (Å²) >= 11 is 0. The van der Waals surface area contributed by atoms with Gasteiger partial charge in [-0.1, -0.05) is 36.4 Å². The highest BCUT2D eigenvalue weighted by Gasteiger charge is 2.20. The topological polar surface area (TPSA) is 41.6 Å². The summed E-state index contributed by atoms with van der Waals surface area (Å²) in [6.45, 7) is 5.92. The van der Waals surface area contributed by atoms with Gasteiger partial charge in [0.1, 0.15) is 5.75 Å². The summed E-state index contributed by atoms with van der Waals surface area (Å²) in [5, 5.41) is 2.84. The molecule has 142 valence electrons. The summed E-state index contributed by atoms with van der Waals surface area (Å²) in [4.78, 5) is 14.6. The third-order valence-electron chi connectivity index (χ3n) is 5.22. The van der Waals surface area contributed by atoms with Crippen LogP contribution in [0.4, 0.5) is 16.2 Å². The van der Waals surface area contributed by atoms with Crippen molar-refractivity contribution in [3.05, 3.63) is 89.0 Å². The number of nitrogens with one attached hydrogen (secondary N) is 1. The van der Waals surface area contributed by atoms with Gasteiger partial charge in [-0.3, -0.25) is 5.32 Å². The molecule has 3 aromatic carbocycles. The molecular formula is C24H24N2O2. The largest absolute Gasteiger partial charge is 0.417 e. The number of hydrogen-bond donors (Lipinski definition) is 1. The van der Waals surface area contributed by atoms with Crippen molar-refractivity contribution in [2.75, 3.05) is 16.8 Å². The summed E-state index contributed by atoms with van der Waals surface area (Å²) in [5.41, 5.74) is 6.81. The number of fused-ring (bicyclic) bond motifs is 1. The molecular weight excluding hydrogens is 348 g/mol. The molecule has 4 nitrogen and oxygen atoms in total. The number of rotatable bonds is 4. The smallest absolute Gasteiger partial charge is 0.410 e. The van der Waals surface area contributed by atoms with Gasteiger partial charge in [-0.05, 0) is 72.9 Å². The van der Waals surface area contributed by atoms with Gasteiger partial charge in [0.25, 0.3) is 0 Å². The lowest BCUT2D eigenvalue weighted by Gasteiger charge is -2.19. The monoisotopic (exact) mass is 372 g/mol. The number of carbonyl (C=O) groups excluding carboxylic acids is 1. The molecule has 0 fully saturated rings. The maximum absolute atomic E-state index is 12.2. The van der Waals surface area contributed by atoms with Crippen LogP contribution >= 0.6 is 0 Å². The molecule has 1 aliphatic heterocycles. The molecule has 0 aromatic heterocycles. The van der Waals surface area contributed by atoms with Crippen LogP contribution in [0.5, 0.6) is 5.75 Å². The number of nitrogens with zero attached hydrogens (tertiary/aromatic N) is 1. The summed E-state index contributed by atoms with van der Waals surface area (Å²) < 4.78 is 5.41. The Morgan fingerprint density at radius 2 is 1.82 bits per heavy atom. The number of aryl methyl sites for hydroxylation is 2. The Kier molecular flexibility index (Phi) is 5.02. The van der Waals surface area contributed by atoms with Crippen LogP contribution < -0.4 is 15.0 Å². The highest BCUT2D eigenvalue weighted by Crippen LogP contribution is 2.31. The average molecular weight is 372 g/mol. The SMILES string of the molecule is Cc1ccc(OC(=O)Nc2ccc3c(c2)CCN3Cc2ccccc2)cc1C. The van der Waals surface area contributed by atoms with E-state index in [1.807, 2.05) is 50.2 Å². The van der Waals surface area contributed by atoms with E-state index in [1.54, 1.807) is 0 Å². The molecule has 4 rings (SSSR count). The van der Waals surface area contributed by atoms with E-state index in [-0.39, 0.29) is 0 Å². The van der Waals surface area contributed by atoms with Crippen molar-refractivity contribution in [1.82, 2.24) is 0 Å². The van der Waals surface area contributed by atoms with Gasteiger partial charge in [0.2, 0.25) is 0 Å². The van der Waals surface area contributed by atoms with Crippen molar-refractivity contribution in [1.29, 1.82) is 0 Å². The number of carbonyl (C=O) groups is 1. The zero-order chi connectivity index (χ0) is 19.5. The Hall–Kier alpha value is -3.27. The van der Waals surface area contributed by atoms with Crippen LogP contribution in [0.25, 0.3) is 0 Å². The zero-order valence-corrected chi connectivity index (χ0v) is 16.2. The molecule has 28 heavy (non-hydrogen) atoms. The van der Waals surface area contributed by atoms with Crippen molar-refractivity contribution < 1.29 is 9.53 Å². The number of anilines is 2. The lowest BCUT2D eigenvalue weighted by Crippen LogP contribution is -2.19. The second kappa shape index (κ2) is 7.77. The molecule has 0 saturated heterocycles. The number of amides is 1. The fourth-order valence-corrected chi connectivity index (χ4v) is 3.54. The third kappa shape index (κ3) is 4.01. The molecule has 3 aromatic rings. The van der Waals surface area contributed by atoms with E-state index in [4.69, 9.17) is 4.74 Å². The molecule has 1 heterocycles. The number of ether oxygens (including phenoxy) is 1. The number of benzene rings is 3. The first-order valence-corrected chi connectivity index (χ1v) is 9.56. The predicted octanol–water partition coefficient (Wildman–Crippen LogP) is 5.48. The first kappa shape index (κ1) is 18.1. The normalized spacial score (nSPS) is 12.6. The number of hydrogen-bond acceptors (Lipinski definition) is 3. The molecule has 0 saturated carbocycles. The summed E-state index contributed by atoms with van der Waals surface area (Å²) in [6, 6.07) is 22.2.